The van der Waals surface area contributed by atoms with Gasteiger partial charge in [0.1, 0.15) is 11.4 Å². The largest absolute Gasteiger partial charge is 0.340 e. The minimum Gasteiger partial charge on any atom is -0.340 e. The molecule has 8 heteroatoms. The molecule has 0 aliphatic carbocycles. The lowest BCUT2D eigenvalue weighted by Gasteiger charge is -2.27. The fourth-order valence-electron chi connectivity index (χ4n) is 2.44. The predicted molar refractivity (Wildman–Crippen MR) is 72.4 cm³/mol. The second-order valence-corrected chi connectivity index (χ2v) is 4.88. The highest BCUT2D eigenvalue weighted by Crippen LogP contribution is 2.21. The maximum atomic E-state index is 12.0. The number of piperazine rings is 1. The molecule has 1 amide bonds. The molecule has 2 rings (SSSR count). The van der Waals surface area contributed by atoms with Crippen LogP contribution in [-0.4, -0.2) is 51.7 Å². The van der Waals surface area contributed by atoms with Crippen molar-refractivity contribution in [2.24, 2.45) is 0 Å². The molecule has 1 N–H and O–H groups in total. The van der Waals surface area contributed by atoms with Crippen molar-refractivity contribution in [2.75, 3.05) is 26.2 Å². The summed E-state index contributed by atoms with van der Waals surface area (Å²) in [5, 5.41) is 18.2. The summed E-state index contributed by atoms with van der Waals surface area (Å²) in [7, 11) is 0. The van der Waals surface area contributed by atoms with Crippen molar-refractivity contribution in [2.45, 2.75) is 26.8 Å². The first kappa shape index (κ1) is 14.4. The molecule has 1 fully saturated rings. The topological polar surface area (TPSA) is 93.3 Å². The molecule has 0 radical (unpaired) electrons. The van der Waals surface area contributed by atoms with Crippen LogP contribution in [0.1, 0.15) is 17.8 Å². The molecule has 1 aromatic rings. The Hall–Kier alpha value is -1.96. The summed E-state index contributed by atoms with van der Waals surface area (Å²) < 4.78 is 1.55. The van der Waals surface area contributed by atoms with Crippen molar-refractivity contribution >= 4 is 11.6 Å². The molecule has 110 valence electrons. The Bertz CT molecular complexity index is 519. The van der Waals surface area contributed by atoms with Gasteiger partial charge >= 0.3 is 5.69 Å². The van der Waals surface area contributed by atoms with E-state index < -0.39 is 4.92 Å². The van der Waals surface area contributed by atoms with Crippen LogP contribution in [0.4, 0.5) is 5.69 Å². The van der Waals surface area contributed by atoms with Gasteiger partial charge in [0.05, 0.1) is 11.5 Å². The van der Waals surface area contributed by atoms with Gasteiger partial charge in [-0.3, -0.25) is 19.6 Å². The Morgan fingerprint density at radius 3 is 2.60 bits per heavy atom. The van der Waals surface area contributed by atoms with Crippen molar-refractivity contribution in [1.82, 2.24) is 20.0 Å². The summed E-state index contributed by atoms with van der Waals surface area (Å²) in [6, 6.07) is 0. The van der Waals surface area contributed by atoms with E-state index in [0.29, 0.717) is 24.4 Å². The van der Waals surface area contributed by atoms with Crippen LogP contribution < -0.4 is 5.32 Å². The van der Waals surface area contributed by atoms with E-state index in [1.807, 2.05) is 4.90 Å². The highest BCUT2D eigenvalue weighted by atomic mass is 16.6. The fraction of sp³-hybridized carbons (Fsp3) is 0.667. The quantitative estimate of drug-likeness (QED) is 0.630. The second-order valence-electron chi connectivity index (χ2n) is 4.88. The number of rotatable bonds is 4. The van der Waals surface area contributed by atoms with Crippen LogP contribution in [0, 0.1) is 24.0 Å². The zero-order valence-electron chi connectivity index (χ0n) is 11.8. The third-order valence-electron chi connectivity index (χ3n) is 3.53. The van der Waals surface area contributed by atoms with Crippen molar-refractivity contribution in [3.63, 3.8) is 0 Å². The van der Waals surface area contributed by atoms with E-state index in [0.717, 1.165) is 26.2 Å². The third kappa shape index (κ3) is 2.96. The van der Waals surface area contributed by atoms with Gasteiger partial charge in [0.25, 0.3) is 0 Å². The van der Waals surface area contributed by atoms with Crippen LogP contribution in [0.3, 0.4) is 0 Å². The molecule has 0 bridgehead atoms. The van der Waals surface area contributed by atoms with Gasteiger partial charge in [-0.1, -0.05) is 0 Å². The summed E-state index contributed by atoms with van der Waals surface area (Å²) in [5.74, 6) is 0.0710. The molecule has 1 aromatic heterocycles. The number of carbonyl (C=O) groups excluding carboxylic acids is 1. The average Bonchev–Trinajstić information content (AvgIpc) is 2.71. The van der Waals surface area contributed by atoms with Crippen molar-refractivity contribution < 1.29 is 9.72 Å². The molecule has 0 spiro atoms. The third-order valence-corrected chi connectivity index (χ3v) is 3.53. The normalized spacial score (nSPS) is 15.4. The van der Waals surface area contributed by atoms with Gasteiger partial charge in [-0.05, 0) is 13.8 Å². The summed E-state index contributed by atoms with van der Waals surface area (Å²) in [5.41, 5.74) is 0.933. The number of amides is 1. The average molecular weight is 281 g/mol. The SMILES string of the molecule is Cc1nn(CCC(=O)N2CCNCC2)c(C)c1[N+](=O)[O-]. The van der Waals surface area contributed by atoms with E-state index >= 15 is 0 Å². The maximum absolute atomic E-state index is 12.0. The summed E-state index contributed by atoms with van der Waals surface area (Å²) >= 11 is 0. The number of carbonyl (C=O) groups is 1. The lowest BCUT2D eigenvalue weighted by atomic mass is 10.3. The number of nitrogens with one attached hydrogen (secondary N) is 1. The minimum atomic E-state index is -0.424. The number of aryl methyl sites for hydroxylation is 2. The molecule has 0 unspecified atom stereocenters. The molecule has 1 aliphatic rings. The minimum absolute atomic E-state index is 0.0413. The van der Waals surface area contributed by atoms with Gasteiger partial charge in [-0.15, -0.1) is 0 Å². The van der Waals surface area contributed by atoms with Crippen LogP contribution in [-0.2, 0) is 11.3 Å². The standard InChI is InChI=1S/C12H19N5O3/c1-9-12(17(19)20)10(2)16(14-9)6-3-11(18)15-7-4-13-5-8-15/h13H,3-8H2,1-2H3. The Morgan fingerprint density at radius 1 is 1.40 bits per heavy atom. The van der Waals surface area contributed by atoms with Gasteiger partial charge in [0.2, 0.25) is 5.91 Å². The van der Waals surface area contributed by atoms with Crippen LogP contribution >= 0.6 is 0 Å². The van der Waals surface area contributed by atoms with Gasteiger partial charge in [-0.2, -0.15) is 5.10 Å². The molecule has 0 atom stereocenters. The number of hydrogen-bond acceptors (Lipinski definition) is 5. The van der Waals surface area contributed by atoms with E-state index in [9.17, 15) is 14.9 Å². The lowest BCUT2D eigenvalue weighted by Crippen LogP contribution is -2.46. The first-order chi connectivity index (χ1) is 9.50. The Labute approximate surface area is 116 Å². The fourth-order valence-corrected chi connectivity index (χ4v) is 2.44. The second kappa shape index (κ2) is 6.00. The van der Waals surface area contributed by atoms with E-state index in [4.69, 9.17) is 0 Å². The van der Waals surface area contributed by atoms with Gasteiger partial charge in [-0.25, -0.2) is 0 Å². The zero-order valence-corrected chi connectivity index (χ0v) is 11.8. The lowest BCUT2D eigenvalue weighted by molar-refractivity contribution is -0.386. The Kier molecular flexibility index (Phi) is 4.33. The smallest absolute Gasteiger partial charge is 0.312 e. The van der Waals surface area contributed by atoms with Gasteiger partial charge < -0.3 is 10.2 Å². The Morgan fingerprint density at radius 2 is 2.05 bits per heavy atom. The number of nitro groups is 1. The van der Waals surface area contributed by atoms with E-state index in [-0.39, 0.29) is 11.6 Å². The Balaban J connectivity index is 1.98. The van der Waals surface area contributed by atoms with Crippen molar-refractivity contribution in [3.8, 4) is 0 Å². The van der Waals surface area contributed by atoms with Crippen LogP contribution in [0.25, 0.3) is 0 Å². The van der Waals surface area contributed by atoms with Gasteiger partial charge in [0, 0.05) is 32.6 Å². The molecule has 8 nitrogen and oxygen atoms in total. The molecule has 1 aliphatic heterocycles. The van der Waals surface area contributed by atoms with E-state index in [1.165, 1.54) is 0 Å². The number of nitrogens with zero attached hydrogens (tertiary/aromatic N) is 4. The number of aromatic nitrogens is 2. The summed E-state index contributed by atoms with van der Waals surface area (Å²) in [6.07, 6.45) is 0.319. The van der Waals surface area contributed by atoms with E-state index in [1.54, 1.807) is 18.5 Å². The van der Waals surface area contributed by atoms with Crippen LogP contribution in [0.5, 0.6) is 0 Å². The molecule has 2 heterocycles. The first-order valence-electron chi connectivity index (χ1n) is 6.67. The van der Waals surface area contributed by atoms with Crippen molar-refractivity contribution in [3.05, 3.63) is 21.5 Å². The number of hydrogen-bond donors (Lipinski definition) is 1. The zero-order chi connectivity index (χ0) is 14.7. The summed E-state index contributed by atoms with van der Waals surface area (Å²) in [4.78, 5) is 24.3. The predicted octanol–water partition coefficient (Wildman–Crippen LogP) is 0.230. The first-order valence-corrected chi connectivity index (χ1v) is 6.67. The van der Waals surface area contributed by atoms with Gasteiger partial charge in [0.15, 0.2) is 0 Å². The van der Waals surface area contributed by atoms with Crippen molar-refractivity contribution in [1.29, 1.82) is 0 Å². The van der Waals surface area contributed by atoms with Crippen LogP contribution in [0.15, 0.2) is 0 Å². The maximum Gasteiger partial charge on any atom is 0.312 e. The highest BCUT2D eigenvalue weighted by molar-refractivity contribution is 5.76. The molecular weight excluding hydrogens is 262 g/mol. The molecule has 0 saturated carbocycles. The molecule has 20 heavy (non-hydrogen) atoms. The van der Waals surface area contributed by atoms with Crippen LogP contribution in [0.2, 0.25) is 0 Å². The molecule has 0 aromatic carbocycles. The highest BCUT2D eigenvalue weighted by Gasteiger charge is 2.22. The van der Waals surface area contributed by atoms with E-state index in [2.05, 4.69) is 10.4 Å². The molecular formula is C12H19N5O3. The molecule has 1 saturated heterocycles. The summed E-state index contributed by atoms with van der Waals surface area (Å²) in [6.45, 7) is 6.72. The monoisotopic (exact) mass is 281 g/mol.